The zero-order valence-electron chi connectivity index (χ0n) is 12.4. The van der Waals surface area contributed by atoms with E-state index < -0.39 is 10.0 Å². The molecule has 1 N–H and O–H groups in total. The van der Waals surface area contributed by atoms with Gasteiger partial charge < -0.3 is 5.32 Å². The van der Waals surface area contributed by atoms with Gasteiger partial charge in [-0.15, -0.1) is 0 Å². The average molecular weight is 298 g/mol. The van der Waals surface area contributed by atoms with E-state index in [0.717, 1.165) is 6.42 Å². The first-order chi connectivity index (χ1) is 9.29. The highest BCUT2D eigenvalue weighted by atomic mass is 32.2. The number of rotatable bonds is 6. The Kier molecular flexibility index (Phi) is 5.56. The second-order valence-corrected chi connectivity index (χ2v) is 6.66. The molecule has 0 radical (unpaired) electrons. The normalized spacial score (nSPS) is 12.8. The van der Waals surface area contributed by atoms with E-state index in [1.54, 1.807) is 31.2 Å². The fourth-order valence-corrected chi connectivity index (χ4v) is 2.77. The van der Waals surface area contributed by atoms with E-state index in [1.807, 2.05) is 13.8 Å². The molecule has 1 aromatic carbocycles. The molecule has 1 aromatic rings. The van der Waals surface area contributed by atoms with Gasteiger partial charge in [0.1, 0.15) is 0 Å². The summed E-state index contributed by atoms with van der Waals surface area (Å²) in [6.07, 6.45) is 2.03. The van der Waals surface area contributed by atoms with Gasteiger partial charge in [0.25, 0.3) is 5.91 Å². The first-order valence-corrected chi connectivity index (χ1v) is 8.53. The average Bonchev–Trinajstić information content (AvgIpc) is 2.38. The van der Waals surface area contributed by atoms with E-state index in [9.17, 15) is 13.2 Å². The first kappa shape index (κ1) is 16.5. The van der Waals surface area contributed by atoms with Crippen LogP contribution in [-0.4, -0.2) is 33.2 Å². The van der Waals surface area contributed by atoms with E-state index in [2.05, 4.69) is 5.32 Å². The van der Waals surface area contributed by atoms with Crippen molar-refractivity contribution in [3.05, 3.63) is 29.8 Å². The highest BCUT2D eigenvalue weighted by Crippen LogP contribution is 2.18. The Morgan fingerprint density at radius 3 is 2.20 bits per heavy atom. The molecular weight excluding hydrogens is 276 g/mol. The summed E-state index contributed by atoms with van der Waals surface area (Å²) in [4.78, 5) is 11.9. The second kappa shape index (κ2) is 6.74. The number of nitrogens with zero attached hydrogens (tertiary/aromatic N) is 1. The molecule has 0 bridgehead atoms. The zero-order valence-corrected chi connectivity index (χ0v) is 13.2. The quantitative estimate of drug-likeness (QED) is 0.873. The molecule has 0 saturated heterocycles. The SMILES string of the molecule is CC[C@H](C)NC(=O)c1ccc(N(CC)S(C)(=O)=O)cc1. The van der Waals surface area contributed by atoms with E-state index in [-0.39, 0.29) is 11.9 Å². The van der Waals surface area contributed by atoms with Gasteiger partial charge in [0.15, 0.2) is 0 Å². The molecule has 5 nitrogen and oxygen atoms in total. The van der Waals surface area contributed by atoms with Crippen LogP contribution in [0.3, 0.4) is 0 Å². The van der Waals surface area contributed by atoms with E-state index in [1.165, 1.54) is 10.6 Å². The molecule has 0 aliphatic heterocycles. The maximum Gasteiger partial charge on any atom is 0.251 e. The van der Waals surface area contributed by atoms with Crippen molar-refractivity contribution in [3.8, 4) is 0 Å². The summed E-state index contributed by atoms with van der Waals surface area (Å²) < 4.78 is 24.5. The predicted octanol–water partition coefficient (Wildman–Crippen LogP) is 2.00. The van der Waals surface area contributed by atoms with Crippen LogP contribution >= 0.6 is 0 Å². The Hall–Kier alpha value is -1.56. The molecule has 112 valence electrons. The predicted molar refractivity (Wildman–Crippen MR) is 81.5 cm³/mol. The van der Waals surface area contributed by atoms with Crippen molar-refractivity contribution in [1.29, 1.82) is 0 Å². The van der Waals surface area contributed by atoms with Gasteiger partial charge in [0.2, 0.25) is 10.0 Å². The molecule has 0 aliphatic rings. The molecule has 1 amide bonds. The Balaban J connectivity index is 2.91. The van der Waals surface area contributed by atoms with Crippen molar-refractivity contribution in [2.45, 2.75) is 33.2 Å². The monoisotopic (exact) mass is 298 g/mol. The largest absolute Gasteiger partial charge is 0.350 e. The Bertz CT molecular complexity index is 552. The number of hydrogen-bond donors (Lipinski definition) is 1. The standard InChI is InChI=1S/C14H22N2O3S/c1-5-11(3)15-14(17)12-7-9-13(10-8-12)16(6-2)20(4,18)19/h7-11H,5-6H2,1-4H3,(H,15,17)/t11-/m0/s1. The van der Waals surface area contributed by atoms with E-state index in [0.29, 0.717) is 17.8 Å². The number of benzene rings is 1. The van der Waals surface area contributed by atoms with Gasteiger partial charge >= 0.3 is 0 Å². The van der Waals surface area contributed by atoms with Gasteiger partial charge in [-0.05, 0) is 44.5 Å². The van der Waals surface area contributed by atoms with Crippen molar-refractivity contribution < 1.29 is 13.2 Å². The highest BCUT2D eigenvalue weighted by molar-refractivity contribution is 7.92. The molecule has 0 spiro atoms. The fourth-order valence-electron chi connectivity index (χ4n) is 1.80. The van der Waals surface area contributed by atoms with Crippen LogP contribution in [-0.2, 0) is 10.0 Å². The van der Waals surface area contributed by atoms with Crippen LogP contribution in [0.1, 0.15) is 37.6 Å². The van der Waals surface area contributed by atoms with Crippen LogP contribution in [0.2, 0.25) is 0 Å². The zero-order chi connectivity index (χ0) is 15.3. The summed E-state index contributed by atoms with van der Waals surface area (Å²) in [5, 5.41) is 2.87. The smallest absolute Gasteiger partial charge is 0.251 e. The molecule has 0 unspecified atom stereocenters. The molecule has 0 aromatic heterocycles. The Labute approximate surface area is 121 Å². The molecule has 0 aliphatic carbocycles. The lowest BCUT2D eigenvalue weighted by Crippen LogP contribution is -2.32. The molecule has 0 heterocycles. The Morgan fingerprint density at radius 1 is 1.25 bits per heavy atom. The highest BCUT2D eigenvalue weighted by Gasteiger charge is 2.16. The number of hydrogen-bond acceptors (Lipinski definition) is 3. The van der Waals surface area contributed by atoms with Gasteiger partial charge in [-0.2, -0.15) is 0 Å². The van der Waals surface area contributed by atoms with Crippen LogP contribution < -0.4 is 9.62 Å². The van der Waals surface area contributed by atoms with Gasteiger partial charge in [0.05, 0.1) is 11.9 Å². The van der Waals surface area contributed by atoms with Crippen molar-refractivity contribution >= 4 is 21.6 Å². The minimum atomic E-state index is -3.29. The summed E-state index contributed by atoms with van der Waals surface area (Å²) in [6, 6.07) is 6.69. The van der Waals surface area contributed by atoms with E-state index >= 15 is 0 Å². The van der Waals surface area contributed by atoms with Crippen molar-refractivity contribution in [1.82, 2.24) is 5.32 Å². The molecule has 0 saturated carbocycles. The first-order valence-electron chi connectivity index (χ1n) is 6.68. The fraction of sp³-hybridized carbons (Fsp3) is 0.500. The molecule has 6 heteroatoms. The van der Waals surface area contributed by atoms with Gasteiger partial charge in [-0.1, -0.05) is 6.92 Å². The van der Waals surface area contributed by atoms with Crippen LogP contribution in [0, 0.1) is 0 Å². The van der Waals surface area contributed by atoms with Crippen LogP contribution in [0.25, 0.3) is 0 Å². The third-order valence-electron chi connectivity index (χ3n) is 3.09. The molecular formula is C14H22N2O3S. The summed E-state index contributed by atoms with van der Waals surface area (Å²) >= 11 is 0. The minimum Gasteiger partial charge on any atom is -0.350 e. The second-order valence-electron chi connectivity index (χ2n) is 4.76. The van der Waals surface area contributed by atoms with Crippen LogP contribution in [0.4, 0.5) is 5.69 Å². The van der Waals surface area contributed by atoms with Gasteiger partial charge in [-0.3, -0.25) is 9.10 Å². The van der Waals surface area contributed by atoms with Gasteiger partial charge in [-0.25, -0.2) is 8.42 Å². The lowest BCUT2D eigenvalue weighted by atomic mass is 10.1. The van der Waals surface area contributed by atoms with Crippen LogP contribution in [0.5, 0.6) is 0 Å². The van der Waals surface area contributed by atoms with Gasteiger partial charge in [0, 0.05) is 18.2 Å². The number of nitrogens with one attached hydrogen (secondary N) is 1. The molecule has 20 heavy (non-hydrogen) atoms. The summed E-state index contributed by atoms with van der Waals surface area (Å²) in [5.41, 5.74) is 1.09. The number of amides is 1. The van der Waals surface area contributed by atoms with E-state index in [4.69, 9.17) is 0 Å². The van der Waals surface area contributed by atoms with Crippen LogP contribution in [0.15, 0.2) is 24.3 Å². The lowest BCUT2D eigenvalue weighted by molar-refractivity contribution is 0.0939. The van der Waals surface area contributed by atoms with Crippen molar-refractivity contribution in [2.75, 3.05) is 17.1 Å². The maximum absolute atomic E-state index is 11.9. The number of anilines is 1. The maximum atomic E-state index is 11.9. The Morgan fingerprint density at radius 2 is 1.80 bits per heavy atom. The lowest BCUT2D eigenvalue weighted by Gasteiger charge is -2.20. The summed E-state index contributed by atoms with van der Waals surface area (Å²) in [5.74, 6) is -0.145. The molecule has 1 atom stereocenters. The summed E-state index contributed by atoms with van der Waals surface area (Å²) in [6.45, 7) is 6.07. The molecule has 1 rings (SSSR count). The molecule has 0 fully saturated rings. The third-order valence-corrected chi connectivity index (χ3v) is 4.36. The van der Waals surface area contributed by atoms with Crippen molar-refractivity contribution in [3.63, 3.8) is 0 Å². The minimum absolute atomic E-state index is 0.116. The third kappa shape index (κ3) is 4.23. The summed E-state index contributed by atoms with van der Waals surface area (Å²) in [7, 11) is -3.29. The number of sulfonamides is 1. The number of carbonyl (C=O) groups excluding carboxylic acids is 1. The topological polar surface area (TPSA) is 66.5 Å². The number of carbonyl (C=O) groups is 1. The van der Waals surface area contributed by atoms with Crippen molar-refractivity contribution in [2.24, 2.45) is 0 Å².